The molecule has 4 aromatic carbocycles. The molecule has 5 heterocycles. The standard InChI is InChI=1S/C15H22BNO4S.C12H24B2O4.C9H11BrClNO2S.C9H10BrNO2S.C6H6BrN.C3H6Cl2O2S.Na.H/c1-14(2)15(3,4)21-16(20-14)12-6-8-13(9-7-12)17-10-5-11-22(17,18)19;1-9(2)10(3,4)16-13(15-9)14-17-11(5,6)12(7,8)18-14;10-8-2-4-9(5-3-8)12-15(13,14)7-1-6-11;10-8-2-4-9(5-3-8)11-6-1-7-14(11,12)13;7-5-1-3-6(8)4-2-5;4-2-1-3-8(5,6)7;;/h6-9H,5,10-11H2,1-4H3;1-8H3;2-5,12H,1,6-7H2;2-5H,1,6-7H2;1-4H,8H2;1-3H2;;/q;;;;;;+1;-1. The maximum atomic E-state index is 12.0. The molecular formula is C54H80B3Br3Cl3N4NaO14S4. The molecule has 0 amide bonds. The summed E-state index contributed by atoms with van der Waals surface area (Å²) in [7, 11) is -9.28. The molecule has 86 heavy (non-hydrogen) atoms. The zero-order valence-corrected chi connectivity index (χ0v) is 63.3. The largest absolute Gasteiger partial charge is 1.00 e. The molecule has 0 aromatic heterocycles. The van der Waals surface area contributed by atoms with Gasteiger partial charge in [0, 0.05) is 60.3 Å². The van der Waals surface area contributed by atoms with E-state index >= 15 is 0 Å². The molecule has 0 aliphatic carbocycles. The van der Waals surface area contributed by atoms with Gasteiger partial charge in [0.2, 0.25) is 39.1 Å². The number of rotatable bonds is 12. The Hall–Kier alpha value is -0.855. The summed E-state index contributed by atoms with van der Waals surface area (Å²) in [5.41, 5.74) is 6.93. The number of alkyl halides is 2. The van der Waals surface area contributed by atoms with Crippen LogP contribution in [-0.4, -0.2) is 136 Å². The molecule has 0 bridgehead atoms. The first kappa shape index (κ1) is 79.4. The van der Waals surface area contributed by atoms with E-state index in [1.165, 1.54) is 8.61 Å². The third-order valence-electron chi connectivity index (χ3n) is 14.8. The summed E-state index contributed by atoms with van der Waals surface area (Å²) >= 11 is 20.5. The van der Waals surface area contributed by atoms with Crippen LogP contribution < -0.4 is 54.1 Å². The van der Waals surface area contributed by atoms with Crippen LogP contribution in [0.3, 0.4) is 0 Å². The van der Waals surface area contributed by atoms with Crippen molar-refractivity contribution in [3.8, 4) is 0 Å². The third kappa shape index (κ3) is 23.9. The Morgan fingerprint density at radius 3 is 1.15 bits per heavy atom. The van der Waals surface area contributed by atoms with Crippen LogP contribution in [0.5, 0.6) is 0 Å². The van der Waals surface area contributed by atoms with Crippen LogP contribution in [0.4, 0.5) is 22.7 Å². The number of nitrogens with one attached hydrogen (secondary N) is 1. The minimum atomic E-state index is -3.30. The van der Waals surface area contributed by atoms with E-state index in [4.69, 9.17) is 67.5 Å². The Labute approximate surface area is 576 Å². The van der Waals surface area contributed by atoms with Gasteiger partial charge in [-0.3, -0.25) is 13.3 Å². The number of nitrogens with two attached hydrogens (primary N) is 1. The average Bonchev–Trinajstić information content (AvgIpc) is 1.63. The van der Waals surface area contributed by atoms with E-state index < -0.39 is 60.3 Å². The Bertz CT molecular complexity index is 3170. The zero-order chi connectivity index (χ0) is 64.3. The number of hydrogen-bond acceptors (Lipinski definition) is 15. The molecule has 5 fully saturated rings. The van der Waals surface area contributed by atoms with Crippen molar-refractivity contribution < 1.29 is 92.6 Å². The van der Waals surface area contributed by atoms with Crippen molar-refractivity contribution in [2.45, 2.75) is 142 Å². The Balaban J connectivity index is 0.000000366. The summed E-state index contributed by atoms with van der Waals surface area (Å²) in [6, 6.07) is 29.2. The second-order valence-corrected chi connectivity index (χ2v) is 35.5. The molecule has 9 rings (SSSR count). The number of sulfonamides is 3. The van der Waals surface area contributed by atoms with Gasteiger partial charge in [-0.2, -0.15) is 0 Å². The monoisotopic (exact) mass is 1530 g/mol. The molecule has 18 nitrogen and oxygen atoms in total. The molecule has 5 aliphatic rings. The van der Waals surface area contributed by atoms with Gasteiger partial charge in [-0.05, 0) is 199 Å². The number of anilines is 4. The van der Waals surface area contributed by atoms with Crippen LogP contribution in [0, 0.1) is 0 Å². The van der Waals surface area contributed by atoms with Crippen LogP contribution in [0.25, 0.3) is 0 Å². The quantitative estimate of drug-likeness (QED) is 0.0583. The summed E-state index contributed by atoms with van der Waals surface area (Å²) in [6.07, 6.45) is 2.28. The zero-order valence-electron chi connectivity index (χ0n) is 52.0. The molecular weight excluding hydrogens is 1460 g/mol. The van der Waals surface area contributed by atoms with Gasteiger partial charge >= 0.3 is 50.7 Å². The molecule has 4 aromatic rings. The fourth-order valence-corrected chi connectivity index (χ4v) is 14.4. The molecule has 0 unspecified atom stereocenters. The van der Waals surface area contributed by atoms with Crippen LogP contribution in [0.1, 0.15) is 110 Å². The van der Waals surface area contributed by atoms with Crippen LogP contribution >= 0.6 is 81.7 Å². The number of hydrogen-bond donors (Lipinski definition) is 2. The fraction of sp³-hybridized carbons (Fsp3) is 0.556. The van der Waals surface area contributed by atoms with Crippen molar-refractivity contribution in [3.05, 3.63) is 110 Å². The van der Waals surface area contributed by atoms with Gasteiger partial charge in [-0.25, -0.2) is 33.7 Å². The van der Waals surface area contributed by atoms with E-state index in [-0.39, 0.29) is 87.6 Å². The molecule has 32 heteroatoms. The second-order valence-electron chi connectivity index (χ2n) is 23.2. The topological polar surface area (TPSA) is 236 Å². The van der Waals surface area contributed by atoms with Gasteiger partial charge in [0.25, 0.3) is 0 Å². The predicted octanol–water partition coefficient (Wildman–Crippen LogP) is 8.92. The number of benzene rings is 4. The van der Waals surface area contributed by atoms with Gasteiger partial charge in [0.05, 0.1) is 68.0 Å². The van der Waals surface area contributed by atoms with E-state index in [2.05, 4.69) is 52.5 Å². The summed E-state index contributed by atoms with van der Waals surface area (Å²) in [6.45, 7) is 25.4. The van der Waals surface area contributed by atoms with E-state index in [0.29, 0.717) is 55.5 Å². The van der Waals surface area contributed by atoms with Crippen molar-refractivity contribution in [2.75, 3.05) is 66.9 Å². The van der Waals surface area contributed by atoms with E-state index in [1.807, 2.05) is 156 Å². The van der Waals surface area contributed by atoms with Crippen LogP contribution in [-0.2, 0) is 67.0 Å². The molecule has 0 saturated carbocycles. The molecule has 476 valence electrons. The molecule has 3 N–H and O–H groups in total. The minimum absolute atomic E-state index is 0. The SMILES string of the molecule is CC1(C)OB(B2OC(C)(C)C(C)(C)O2)OC1(C)C.CC1(C)OB(c2ccc(N3CCCS3(=O)=O)cc2)OC1(C)C.Nc1ccc(Br)cc1.O=S(=O)(CCCCl)Nc1ccc(Br)cc1.O=S(=O)(Cl)CCCCl.O=S1(=O)CCCN1c1ccc(Br)cc1.[H-].[Na+]. The predicted molar refractivity (Wildman–Crippen MR) is 361 cm³/mol. The smallest absolute Gasteiger partial charge is 1.00 e. The number of halogens is 6. The summed E-state index contributed by atoms with van der Waals surface area (Å²) in [5, 5.41) is 0. The van der Waals surface area contributed by atoms with Gasteiger partial charge < -0.3 is 35.1 Å². The first-order chi connectivity index (χ1) is 39.0. The Morgan fingerprint density at radius 1 is 0.535 bits per heavy atom. The maximum Gasteiger partial charge on any atom is 1.00 e. The normalized spacial score (nSPS) is 20.4. The van der Waals surface area contributed by atoms with E-state index in [9.17, 15) is 33.7 Å². The first-order valence-electron chi connectivity index (χ1n) is 27.2. The van der Waals surface area contributed by atoms with Gasteiger partial charge in [0.1, 0.15) is 0 Å². The average molecular weight is 1540 g/mol. The van der Waals surface area contributed by atoms with Crippen molar-refractivity contribution in [1.29, 1.82) is 0 Å². The Kier molecular flexibility index (Phi) is 30.3. The molecule has 5 saturated heterocycles. The van der Waals surface area contributed by atoms with Crippen LogP contribution in [0.2, 0.25) is 0 Å². The van der Waals surface area contributed by atoms with Gasteiger partial charge in [-0.1, -0.05) is 59.9 Å². The minimum Gasteiger partial charge on any atom is -1.00 e. The summed E-state index contributed by atoms with van der Waals surface area (Å²) in [5.74, 6) is 1.20. The summed E-state index contributed by atoms with van der Waals surface area (Å²) < 4.78 is 134. The third-order valence-corrected chi connectivity index (χ3v) is 23.3. The number of nitrogens with zero attached hydrogens (tertiary/aromatic N) is 2. The maximum absolute atomic E-state index is 12.0. The Morgan fingerprint density at radius 2 is 0.849 bits per heavy atom. The second kappa shape index (κ2) is 32.8. The molecule has 0 spiro atoms. The van der Waals surface area contributed by atoms with E-state index in [0.717, 1.165) is 36.7 Å². The van der Waals surface area contributed by atoms with Crippen molar-refractivity contribution in [3.63, 3.8) is 0 Å². The van der Waals surface area contributed by atoms with Gasteiger partial charge in [0.15, 0.2) is 0 Å². The number of nitrogen functional groups attached to an aromatic ring is 1. The first-order valence-corrected chi connectivity index (χ1v) is 38.0. The molecule has 0 atom stereocenters. The molecule has 0 radical (unpaired) electrons. The van der Waals surface area contributed by atoms with Crippen molar-refractivity contribution >= 4 is 170 Å². The van der Waals surface area contributed by atoms with E-state index in [1.54, 1.807) is 24.3 Å². The fourth-order valence-electron chi connectivity index (χ4n) is 7.93. The van der Waals surface area contributed by atoms with Crippen LogP contribution in [0.15, 0.2) is 110 Å². The summed E-state index contributed by atoms with van der Waals surface area (Å²) in [4.78, 5) is 0. The van der Waals surface area contributed by atoms with Crippen molar-refractivity contribution in [1.82, 2.24) is 0 Å². The molecule has 5 aliphatic heterocycles. The van der Waals surface area contributed by atoms with Gasteiger partial charge in [-0.15, -0.1) is 23.2 Å². The van der Waals surface area contributed by atoms with Crippen molar-refractivity contribution in [2.24, 2.45) is 0 Å².